The number of nitrogens with zero attached hydrogens (tertiary/aromatic N) is 3. The summed E-state index contributed by atoms with van der Waals surface area (Å²) in [5.74, 6) is 0.449. The molecule has 12 heteroatoms. The van der Waals surface area contributed by atoms with Gasteiger partial charge in [-0.25, -0.2) is 9.79 Å². The first kappa shape index (κ1) is 32.8. The summed E-state index contributed by atoms with van der Waals surface area (Å²) in [5, 5.41) is 1.04. The van der Waals surface area contributed by atoms with Gasteiger partial charge in [-0.05, 0) is 83.4 Å². The van der Waals surface area contributed by atoms with Crippen LogP contribution in [0.2, 0.25) is 10.0 Å². The maximum atomic E-state index is 14.0. The summed E-state index contributed by atoms with van der Waals surface area (Å²) in [6.07, 6.45) is 1.77. The minimum Gasteiger partial charge on any atom is -0.493 e. The largest absolute Gasteiger partial charge is 0.493 e. The van der Waals surface area contributed by atoms with Crippen LogP contribution in [0, 0.1) is 0 Å². The van der Waals surface area contributed by atoms with Crippen molar-refractivity contribution in [2.24, 2.45) is 4.99 Å². The second-order valence-corrected chi connectivity index (χ2v) is 13.1. The zero-order valence-corrected chi connectivity index (χ0v) is 29.1. The van der Waals surface area contributed by atoms with Gasteiger partial charge in [-0.3, -0.25) is 9.36 Å². The maximum absolute atomic E-state index is 14.0. The zero-order valence-electron chi connectivity index (χ0n) is 25.2. The third kappa shape index (κ3) is 6.84. The average molecular weight is 731 g/mol. The number of carbonyl (C=O) groups is 1. The number of esters is 1. The van der Waals surface area contributed by atoms with Gasteiger partial charge in [0.2, 0.25) is 0 Å². The summed E-state index contributed by atoms with van der Waals surface area (Å²) < 4.78 is 19.8. The van der Waals surface area contributed by atoms with E-state index in [0.717, 1.165) is 16.8 Å². The number of hydrogen-bond acceptors (Lipinski definition) is 8. The summed E-state index contributed by atoms with van der Waals surface area (Å²) in [5.41, 5.74) is 3.81. The van der Waals surface area contributed by atoms with Crippen molar-refractivity contribution in [2.75, 3.05) is 32.7 Å². The van der Waals surface area contributed by atoms with Crippen LogP contribution in [0.4, 0.5) is 5.69 Å². The summed E-state index contributed by atoms with van der Waals surface area (Å²) in [4.78, 5) is 34.4. The lowest BCUT2D eigenvalue weighted by molar-refractivity contribution is -0.139. The number of anilines is 1. The number of methoxy groups -OCH3 is 1. The van der Waals surface area contributed by atoms with Crippen molar-refractivity contribution in [3.8, 4) is 11.5 Å². The minimum atomic E-state index is -0.699. The van der Waals surface area contributed by atoms with Crippen molar-refractivity contribution in [1.29, 1.82) is 0 Å². The quantitative estimate of drug-likeness (QED) is 0.183. The van der Waals surface area contributed by atoms with Gasteiger partial charge in [-0.15, -0.1) is 0 Å². The van der Waals surface area contributed by atoms with E-state index in [9.17, 15) is 9.59 Å². The van der Waals surface area contributed by atoms with Crippen molar-refractivity contribution in [3.63, 3.8) is 0 Å². The second kappa shape index (κ2) is 13.8. The monoisotopic (exact) mass is 729 g/mol. The van der Waals surface area contributed by atoms with Crippen molar-refractivity contribution in [3.05, 3.63) is 117 Å². The van der Waals surface area contributed by atoms with Crippen LogP contribution in [0.5, 0.6) is 11.5 Å². The molecule has 0 fully saturated rings. The highest BCUT2D eigenvalue weighted by Gasteiger charge is 2.33. The first-order valence-electron chi connectivity index (χ1n) is 13.9. The molecule has 1 aliphatic rings. The molecule has 5 rings (SSSR count). The zero-order chi connectivity index (χ0) is 32.4. The molecule has 0 saturated carbocycles. The van der Waals surface area contributed by atoms with Crippen LogP contribution in [0.3, 0.4) is 0 Å². The van der Waals surface area contributed by atoms with Crippen LogP contribution < -0.4 is 29.3 Å². The SMILES string of the molecule is CCOC(=O)C1=C(C)N=c2sc(=Cc3cc(Br)c(OCc4ccc(Cl)cc4Cl)c(OC)c3)c(=O)n2[C@@H]1c1ccc(N(C)C)cc1. The van der Waals surface area contributed by atoms with E-state index in [1.165, 1.54) is 11.3 Å². The summed E-state index contributed by atoms with van der Waals surface area (Å²) >= 11 is 17.2. The molecule has 2 heterocycles. The van der Waals surface area contributed by atoms with Gasteiger partial charge < -0.3 is 19.1 Å². The van der Waals surface area contributed by atoms with Crippen molar-refractivity contribution >= 4 is 68.2 Å². The standard InChI is InChI=1S/C33H30BrCl2N3O5S/c1-6-43-32(41)28-18(2)37-33-39(29(28)20-8-11-23(12-9-20)38(3)4)31(40)27(45-33)15-19-13-24(34)30(26(14-19)42-5)44-17-21-7-10-22(35)16-25(21)36/h7-16,29H,6,17H2,1-5H3/t29-/m1/s1. The Morgan fingerprint density at radius 1 is 1.13 bits per heavy atom. The smallest absolute Gasteiger partial charge is 0.338 e. The number of benzene rings is 3. The van der Waals surface area contributed by atoms with Gasteiger partial charge in [0.1, 0.15) is 6.61 Å². The van der Waals surface area contributed by atoms with Gasteiger partial charge in [0, 0.05) is 35.4 Å². The number of allylic oxidation sites excluding steroid dienone is 1. The highest BCUT2D eigenvalue weighted by atomic mass is 79.9. The molecule has 234 valence electrons. The normalized spacial score (nSPS) is 14.6. The Labute approximate surface area is 282 Å². The predicted octanol–water partition coefficient (Wildman–Crippen LogP) is 6.52. The van der Waals surface area contributed by atoms with Gasteiger partial charge in [0.15, 0.2) is 16.3 Å². The van der Waals surface area contributed by atoms with E-state index in [4.69, 9.17) is 37.4 Å². The molecule has 1 atom stereocenters. The number of carbonyl (C=O) groups excluding carboxylic acids is 1. The molecule has 0 saturated heterocycles. The van der Waals surface area contributed by atoms with Gasteiger partial charge in [-0.2, -0.15) is 0 Å². The van der Waals surface area contributed by atoms with Gasteiger partial charge in [0.05, 0.1) is 40.0 Å². The summed E-state index contributed by atoms with van der Waals surface area (Å²) in [7, 11) is 5.45. The number of ether oxygens (including phenoxy) is 3. The van der Waals surface area contributed by atoms with Crippen LogP contribution in [0.25, 0.3) is 6.08 Å². The molecule has 0 aliphatic carbocycles. The van der Waals surface area contributed by atoms with E-state index >= 15 is 0 Å². The molecular formula is C33H30BrCl2N3O5S. The molecule has 3 aromatic carbocycles. The van der Waals surface area contributed by atoms with Crippen molar-refractivity contribution in [1.82, 2.24) is 4.57 Å². The lowest BCUT2D eigenvalue weighted by atomic mass is 9.95. The molecule has 0 unspecified atom stereocenters. The Bertz CT molecular complexity index is 1990. The fraction of sp³-hybridized carbons (Fsp3) is 0.242. The van der Waals surface area contributed by atoms with Crippen molar-refractivity contribution < 1.29 is 19.0 Å². The molecule has 0 bridgehead atoms. The average Bonchev–Trinajstić information content (AvgIpc) is 3.30. The molecule has 0 radical (unpaired) electrons. The summed E-state index contributed by atoms with van der Waals surface area (Å²) in [6, 6.07) is 15.9. The molecule has 0 N–H and O–H groups in total. The number of thiazole rings is 1. The number of hydrogen-bond donors (Lipinski definition) is 0. The first-order valence-corrected chi connectivity index (χ1v) is 16.3. The number of fused-ring (bicyclic) bond motifs is 1. The molecule has 0 spiro atoms. The van der Waals surface area contributed by atoms with Crippen LogP contribution in [0.15, 0.2) is 80.1 Å². The predicted molar refractivity (Wildman–Crippen MR) is 183 cm³/mol. The van der Waals surface area contributed by atoms with E-state index < -0.39 is 12.0 Å². The molecule has 4 aromatic rings. The molecule has 0 amide bonds. The Hall–Kier alpha value is -3.57. The summed E-state index contributed by atoms with van der Waals surface area (Å²) in [6.45, 7) is 3.91. The van der Waals surface area contributed by atoms with Crippen LogP contribution in [-0.4, -0.2) is 38.3 Å². The van der Waals surface area contributed by atoms with Gasteiger partial charge in [0.25, 0.3) is 5.56 Å². The van der Waals surface area contributed by atoms with E-state index in [1.54, 1.807) is 55.9 Å². The van der Waals surface area contributed by atoms with Crippen LogP contribution >= 0.6 is 50.5 Å². The second-order valence-electron chi connectivity index (χ2n) is 10.3. The van der Waals surface area contributed by atoms with Crippen LogP contribution in [-0.2, 0) is 16.1 Å². The van der Waals surface area contributed by atoms with Crippen molar-refractivity contribution in [2.45, 2.75) is 26.5 Å². The van der Waals surface area contributed by atoms with E-state index in [-0.39, 0.29) is 18.8 Å². The highest BCUT2D eigenvalue weighted by molar-refractivity contribution is 9.10. The fourth-order valence-corrected chi connectivity index (χ4v) is 7.05. The lowest BCUT2D eigenvalue weighted by Crippen LogP contribution is -2.39. The minimum absolute atomic E-state index is 0.195. The lowest BCUT2D eigenvalue weighted by Gasteiger charge is -2.25. The number of rotatable bonds is 9. The Morgan fingerprint density at radius 3 is 2.51 bits per heavy atom. The van der Waals surface area contributed by atoms with E-state index in [1.807, 2.05) is 49.3 Å². The molecule has 45 heavy (non-hydrogen) atoms. The Balaban J connectivity index is 1.57. The highest BCUT2D eigenvalue weighted by Crippen LogP contribution is 2.38. The molecule has 8 nitrogen and oxygen atoms in total. The van der Waals surface area contributed by atoms with E-state index in [0.29, 0.717) is 52.2 Å². The molecule has 1 aromatic heterocycles. The molecule has 1 aliphatic heterocycles. The maximum Gasteiger partial charge on any atom is 0.338 e. The van der Waals surface area contributed by atoms with E-state index in [2.05, 4.69) is 20.9 Å². The van der Waals surface area contributed by atoms with Gasteiger partial charge in [-0.1, -0.05) is 52.7 Å². The Kier molecular flexibility index (Phi) is 10.1. The van der Waals surface area contributed by atoms with Crippen LogP contribution in [0.1, 0.15) is 36.6 Å². The number of halogens is 3. The topological polar surface area (TPSA) is 82.4 Å². The third-order valence-electron chi connectivity index (χ3n) is 7.18. The Morgan fingerprint density at radius 2 is 1.87 bits per heavy atom. The molecular weight excluding hydrogens is 701 g/mol. The third-order valence-corrected chi connectivity index (χ3v) is 9.34. The van der Waals surface area contributed by atoms with Gasteiger partial charge >= 0.3 is 5.97 Å². The first-order chi connectivity index (χ1) is 21.5. The fourth-order valence-electron chi connectivity index (χ4n) is 4.96. The number of aromatic nitrogens is 1.